The van der Waals surface area contributed by atoms with Crippen LogP contribution >= 0.6 is 15.9 Å². The Balaban J connectivity index is 2.19. The van der Waals surface area contributed by atoms with Gasteiger partial charge in [0, 0.05) is 10.5 Å². The molecule has 1 aromatic carbocycles. The summed E-state index contributed by atoms with van der Waals surface area (Å²) in [7, 11) is -3.56. The summed E-state index contributed by atoms with van der Waals surface area (Å²) < 4.78 is 28.0. The molecule has 0 amide bonds. The molecule has 2 rings (SSSR count). The number of nitrogens with one attached hydrogen (secondary N) is 1. The molecule has 1 fully saturated rings. The molecule has 0 radical (unpaired) electrons. The van der Waals surface area contributed by atoms with Gasteiger partial charge < -0.3 is 5.11 Å². The summed E-state index contributed by atoms with van der Waals surface area (Å²) in [6, 6.07) is 4.54. The molecule has 1 aliphatic rings. The maximum atomic E-state index is 12.3. The van der Waals surface area contributed by atoms with E-state index in [1.807, 2.05) is 6.92 Å². The molecular weight excluding hydrogens is 330 g/mol. The van der Waals surface area contributed by atoms with Crippen LogP contribution in [0.15, 0.2) is 27.6 Å². The topological polar surface area (TPSA) is 66.4 Å². The predicted molar refractivity (Wildman–Crippen MR) is 77.5 cm³/mol. The maximum absolute atomic E-state index is 12.3. The van der Waals surface area contributed by atoms with Gasteiger partial charge in [-0.3, -0.25) is 0 Å². The van der Waals surface area contributed by atoms with Gasteiger partial charge in [-0.05, 0) is 43.5 Å². The van der Waals surface area contributed by atoms with Gasteiger partial charge in [-0.25, -0.2) is 13.1 Å². The quantitative estimate of drug-likeness (QED) is 0.881. The number of hydrogen-bond acceptors (Lipinski definition) is 3. The van der Waals surface area contributed by atoms with Crippen molar-refractivity contribution < 1.29 is 13.5 Å². The van der Waals surface area contributed by atoms with Crippen LogP contribution in [-0.2, 0) is 10.0 Å². The van der Waals surface area contributed by atoms with Crippen LogP contribution in [-0.4, -0.2) is 25.7 Å². The SMILES string of the molecule is Cc1cc(S(=O)(=O)N[C@@H]2CCCC[C@@H]2O)ccc1Br. The van der Waals surface area contributed by atoms with Gasteiger partial charge in [0.05, 0.1) is 11.0 Å². The molecule has 0 heterocycles. The molecule has 1 aromatic rings. The minimum absolute atomic E-state index is 0.242. The average Bonchev–Trinajstić information content (AvgIpc) is 2.35. The molecule has 0 saturated heterocycles. The highest BCUT2D eigenvalue weighted by Gasteiger charge is 2.28. The van der Waals surface area contributed by atoms with E-state index in [0.717, 1.165) is 22.9 Å². The van der Waals surface area contributed by atoms with E-state index in [9.17, 15) is 13.5 Å². The zero-order valence-corrected chi connectivity index (χ0v) is 13.2. The van der Waals surface area contributed by atoms with Crippen LogP contribution in [0.5, 0.6) is 0 Å². The van der Waals surface area contributed by atoms with Crippen LogP contribution in [0.1, 0.15) is 31.2 Å². The van der Waals surface area contributed by atoms with Crippen LogP contribution in [0.2, 0.25) is 0 Å². The van der Waals surface area contributed by atoms with Gasteiger partial charge >= 0.3 is 0 Å². The van der Waals surface area contributed by atoms with Gasteiger partial charge in [0.2, 0.25) is 10.0 Å². The van der Waals surface area contributed by atoms with E-state index in [-0.39, 0.29) is 10.9 Å². The normalized spacial score (nSPS) is 24.4. The summed E-state index contributed by atoms with van der Waals surface area (Å²) in [4.78, 5) is 0.242. The molecule has 2 N–H and O–H groups in total. The van der Waals surface area contributed by atoms with Crippen molar-refractivity contribution in [1.82, 2.24) is 4.72 Å². The molecule has 0 bridgehead atoms. The summed E-state index contributed by atoms with van der Waals surface area (Å²) in [6.07, 6.45) is 2.67. The second kappa shape index (κ2) is 5.91. The molecule has 1 aliphatic carbocycles. The second-order valence-electron chi connectivity index (χ2n) is 4.99. The molecule has 4 nitrogen and oxygen atoms in total. The number of halogens is 1. The van der Waals surface area contributed by atoms with Crippen molar-refractivity contribution in [3.05, 3.63) is 28.2 Å². The van der Waals surface area contributed by atoms with Gasteiger partial charge in [0.15, 0.2) is 0 Å². The third-order valence-corrected chi connectivity index (χ3v) is 5.85. The molecule has 2 atom stereocenters. The lowest BCUT2D eigenvalue weighted by Gasteiger charge is -2.28. The van der Waals surface area contributed by atoms with Gasteiger partial charge in [0.25, 0.3) is 0 Å². The third kappa shape index (κ3) is 3.56. The van der Waals surface area contributed by atoms with Crippen molar-refractivity contribution in [2.45, 2.75) is 49.6 Å². The zero-order valence-electron chi connectivity index (χ0n) is 10.8. The van der Waals surface area contributed by atoms with Crippen molar-refractivity contribution in [3.63, 3.8) is 0 Å². The Hall–Kier alpha value is -0.430. The molecule has 0 aromatic heterocycles. The second-order valence-corrected chi connectivity index (χ2v) is 7.56. The van der Waals surface area contributed by atoms with E-state index in [1.165, 1.54) is 0 Å². The van der Waals surface area contributed by atoms with Crippen LogP contribution in [0.3, 0.4) is 0 Å². The molecule has 0 aliphatic heterocycles. The number of aliphatic hydroxyl groups excluding tert-OH is 1. The van der Waals surface area contributed by atoms with Crippen molar-refractivity contribution >= 4 is 26.0 Å². The van der Waals surface area contributed by atoms with E-state index in [2.05, 4.69) is 20.7 Å². The summed E-state index contributed by atoms with van der Waals surface area (Å²) in [5.74, 6) is 0. The smallest absolute Gasteiger partial charge is 0.240 e. The lowest BCUT2D eigenvalue weighted by atomic mass is 9.93. The maximum Gasteiger partial charge on any atom is 0.240 e. The van der Waals surface area contributed by atoms with Crippen molar-refractivity contribution in [2.24, 2.45) is 0 Å². The number of aliphatic hydroxyl groups is 1. The Morgan fingerprint density at radius 1 is 1.32 bits per heavy atom. The molecule has 1 saturated carbocycles. The van der Waals surface area contributed by atoms with E-state index in [1.54, 1.807) is 18.2 Å². The van der Waals surface area contributed by atoms with E-state index >= 15 is 0 Å². The number of rotatable bonds is 3. The largest absolute Gasteiger partial charge is 0.391 e. The first-order valence-corrected chi connectivity index (χ1v) is 8.64. The lowest BCUT2D eigenvalue weighted by molar-refractivity contribution is 0.101. The highest BCUT2D eigenvalue weighted by molar-refractivity contribution is 9.10. The number of sulfonamides is 1. The van der Waals surface area contributed by atoms with Crippen LogP contribution in [0.25, 0.3) is 0 Å². The Bertz CT molecular complexity index is 559. The van der Waals surface area contributed by atoms with Crippen LogP contribution < -0.4 is 4.72 Å². The van der Waals surface area contributed by atoms with Crippen molar-refractivity contribution in [2.75, 3.05) is 0 Å². The van der Waals surface area contributed by atoms with Crippen molar-refractivity contribution in [1.29, 1.82) is 0 Å². The summed E-state index contributed by atoms with van der Waals surface area (Å²) >= 11 is 3.35. The highest BCUT2D eigenvalue weighted by Crippen LogP contribution is 2.23. The van der Waals surface area contributed by atoms with Gasteiger partial charge in [-0.15, -0.1) is 0 Å². The standard InChI is InChI=1S/C13H18BrNO3S/c1-9-8-10(6-7-11(9)14)19(17,18)15-12-4-2-3-5-13(12)16/h6-8,12-13,15-16H,2-5H2,1H3/t12-,13+/m1/s1. The fourth-order valence-corrected chi connectivity index (χ4v) is 3.94. The fraction of sp³-hybridized carbons (Fsp3) is 0.538. The Morgan fingerprint density at radius 2 is 2.00 bits per heavy atom. The van der Waals surface area contributed by atoms with Crippen molar-refractivity contribution in [3.8, 4) is 0 Å². The first-order chi connectivity index (χ1) is 8.90. The molecule has 6 heteroatoms. The first-order valence-electron chi connectivity index (χ1n) is 6.37. The fourth-order valence-electron chi connectivity index (χ4n) is 2.30. The third-order valence-electron chi connectivity index (χ3n) is 3.48. The molecule has 106 valence electrons. The molecule has 19 heavy (non-hydrogen) atoms. The Kier molecular flexibility index (Phi) is 4.66. The van der Waals surface area contributed by atoms with Gasteiger partial charge in [-0.2, -0.15) is 0 Å². The molecule has 0 spiro atoms. The Morgan fingerprint density at radius 3 is 2.63 bits per heavy atom. The predicted octanol–water partition coefficient (Wildman–Crippen LogP) is 2.34. The first kappa shape index (κ1) is 15.0. The average molecular weight is 348 g/mol. The van der Waals surface area contributed by atoms with E-state index in [4.69, 9.17) is 0 Å². The minimum Gasteiger partial charge on any atom is -0.391 e. The number of aryl methyl sites for hydroxylation is 1. The van der Waals surface area contributed by atoms with E-state index in [0.29, 0.717) is 12.8 Å². The summed E-state index contributed by atoms with van der Waals surface area (Å²) in [6.45, 7) is 1.85. The molecular formula is C13H18BrNO3S. The lowest BCUT2D eigenvalue weighted by Crippen LogP contribution is -2.44. The Labute approximate surface area is 122 Å². The summed E-state index contributed by atoms with van der Waals surface area (Å²) in [5.41, 5.74) is 0.868. The van der Waals surface area contributed by atoms with Crippen LogP contribution in [0.4, 0.5) is 0 Å². The van der Waals surface area contributed by atoms with E-state index < -0.39 is 16.1 Å². The van der Waals surface area contributed by atoms with Gasteiger partial charge in [-0.1, -0.05) is 28.8 Å². The van der Waals surface area contributed by atoms with Crippen LogP contribution in [0, 0.1) is 6.92 Å². The zero-order chi connectivity index (χ0) is 14.0. The van der Waals surface area contributed by atoms with Gasteiger partial charge in [0.1, 0.15) is 0 Å². The highest BCUT2D eigenvalue weighted by atomic mass is 79.9. The minimum atomic E-state index is -3.56. The monoisotopic (exact) mass is 347 g/mol. The molecule has 0 unspecified atom stereocenters. The summed E-state index contributed by atoms with van der Waals surface area (Å²) in [5, 5.41) is 9.84. The number of hydrogen-bond donors (Lipinski definition) is 2. The number of benzene rings is 1.